The SMILES string of the molecule is CCC(C)[C@H](N)C(=O)N(C)Cc1c(F)cccc1Cl. The topological polar surface area (TPSA) is 46.3 Å². The molecule has 19 heavy (non-hydrogen) atoms. The first-order valence-corrected chi connectivity index (χ1v) is 6.69. The summed E-state index contributed by atoms with van der Waals surface area (Å²) < 4.78 is 13.6. The minimum Gasteiger partial charge on any atom is -0.340 e. The van der Waals surface area contributed by atoms with Crippen molar-refractivity contribution in [1.29, 1.82) is 0 Å². The number of carbonyl (C=O) groups is 1. The summed E-state index contributed by atoms with van der Waals surface area (Å²) in [7, 11) is 1.60. The number of likely N-dealkylation sites (N-methyl/N-ethyl adjacent to an activating group) is 1. The van der Waals surface area contributed by atoms with E-state index in [2.05, 4.69) is 0 Å². The lowest BCUT2D eigenvalue weighted by Crippen LogP contribution is -2.45. The summed E-state index contributed by atoms with van der Waals surface area (Å²) in [5.41, 5.74) is 6.20. The molecule has 3 nitrogen and oxygen atoms in total. The molecule has 1 unspecified atom stereocenters. The average molecular weight is 287 g/mol. The highest BCUT2D eigenvalue weighted by Crippen LogP contribution is 2.21. The molecule has 0 aliphatic heterocycles. The van der Waals surface area contributed by atoms with Gasteiger partial charge in [0.05, 0.1) is 6.04 Å². The quantitative estimate of drug-likeness (QED) is 0.905. The smallest absolute Gasteiger partial charge is 0.239 e. The van der Waals surface area contributed by atoms with Gasteiger partial charge in [-0.15, -0.1) is 0 Å². The minimum absolute atomic E-state index is 0.0889. The van der Waals surface area contributed by atoms with Crippen molar-refractivity contribution in [3.05, 3.63) is 34.6 Å². The van der Waals surface area contributed by atoms with Gasteiger partial charge in [0.1, 0.15) is 5.82 Å². The molecule has 106 valence electrons. The summed E-state index contributed by atoms with van der Waals surface area (Å²) in [6.07, 6.45) is 0.821. The van der Waals surface area contributed by atoms with E-state index < -0.39 is 11.9 Å². The minimum atomic E-state index is -0.569. The first-order valence-electron chi connectivity index (χ1n) is 6.31. The number of nitrogens with zero attached hydrogens (tertiary/aromatic N) is 1. The van der Waals surface area contributed by atoms with Crippen molar-refractivity contribution in [3.8, 4) is 0 Å². The Bertz CT molecular complexity index is 433. The van der Waals surface area contributed by atoms with Crippen LogP contribution in [0.1, 0.15) is 25.8 Å². The zero-order valence-electron chi connectivity index (χ0n) is 11.5. The van der Waals surface area contributed by atoms with Gasteiger partial charge in [0.2, 0.25) is 5.91 Å². The van der Waals surface area contributed by atoms with Crippen molar-refractivity contribution < 1.29 is 9.18 Å². The largest absolute Gasteiger partial charge is 0.340 e. The van der Waals surface area contributed by atoms with Gasteiger partial charge < -0.3 is 10.6 Å². The summed E-state index contributed by atoms with van der Waals surface area (Å²) in [5.74, 6) is -0.524. The maximum absolute atomic E-state index is 13.6. The van der Waals surface area contributed by atoms with Crippen molar-refractivity contribution in [2.75, 3.05) is 7.05 Å². The van der Waals surface area contributed by atoms with Crippen molar-refractivity contribution in [2.24, 2.45) is 11.7 Å². The van der Waals surface area contributed by atoms with E-state index in [9.17, 15) is 9.18 Å². The molecule has 0 aliphatic rings. The van der Waals surface area contributed by atoms with Crippen molar-refractivity contribution >= 4 is 17.5 Å². The number of benzene rings is 1. The monoisotopic (exact) mass is 286 g/mol. The highest BCUT2D eigenvalue weighted by Gasteiger charge is 2.23. The van der Waals surface area contributed by atoms with Crippen LogP contribution < -0.4 is 5.73 Å². The number of hydrogen-bond acceptors (Lipinski definition) is 2. The summed E-state index contributed by atoms with van der Waals surface area (Å²) in [6.45, 7) is 4.02. The first-order chi connectivity index (χ1) is 8.88. The van der Waals surface area contributed by atoms with E-state index in [1.54, 1.807) is 13.1 Å². The molecule has 1 rings (SSSR count). The molecule has 0 saturated carbocycles. The van der Waals surface area contributed by atoms with Gasteiger partial charge in [0.15, 0.2) is 0 Å². The van der Waals surface area contributed by atoms with E-state index in [-0.39, 0.29) is 18.4 Å². The Kier molecular flexibility index (Phi) is 5.76. The molecule has 0 fully saturated rings. The van der Waals surface area contributed by atoms with Gasteiger partial charge in [-0.25, -0.2) is 4.39 Å². The third-order valence-electron chi connectivity index (χ3n) is 3.38. The number of rotatable bonds is 5. The molecule has 2 atom stereocenters. The van der Waals surface area contributed by atoms with Gasteiger partial charge >= 0.3 is 0 Å². The zero-order chi connectivity index (χ0) is 14.6. The second-order valence-corrected chi connectivity index (χ2v) is 5.21. The van der Waals surface area contributed by atoms with Crippen LogP contribution in [0, 0.1) is 11.7 Å². The summed E-state index contributed by atoms with van der Waals surface area (Å²) in [5, 5.41) is 0.316. The van der Waals surface area contributed by atoms with Crippen molar-refractivity contribution in [1.82, 2.24) is 4.90 Å². The number of halogens is 2. The van der Waals surface area contributed by atoms with Crippen molar-refractivity contribution in [3.63, 3.8) is 0 Å². The van der Waals surface area contributed by atoms with Crippen molar-refractivity contribution in [2.45, 2.75) is 32.9 Å². The number of amides is 1. The third kappa shape index (κ3) is 3.91. The van der Waals surface area contributed by atoms with Crippen LogP contribution in [0.3, 0.4) is 0 Å². The molecule has 0 aromatic heterocycles. The Morgan fingerprint density at radius 3 is 2.68 bits per heavy atom. The van der Waals surface area contributed by atoms with Gasteiger partial charge in [-0.2, -0.15) is 0 Å². The molecule has 2 N–H and O–H groups in total. The second kappa shape index (κ2) is 6.87. The molecule has 0 aliphatic carbocycles. The maximum atomic E-state index is 13.6. The Morgan fingerprint density at radius 2 is 2.16 bits per heavy atom. The Labute approximate surface area is 118 Å². The van der Waals surface area contributed by atoms with Crippen LogP contribution in [0.4, 0.5) is 4.39 Å². The van der Waals surface area contributed by atoms with E-state index in [1.807, 2.05) is 13.8 Å². The second-order valence-electron chi connectivity index (χ2n) is 4.81. The molecule has 1 amide bonds. The molecular formula is C14H20ClFN2O. The molecule has 1 aromatic carbocycles. The molecule has 0 bridgehead atoms. The average Bonchev–Trinajstić information content (AvgIpc) is 2.40. The van der Waals surface area contributed by atoms with Gasteiger partial charge in [0, 0.05) is 24.2 Å². The van der Waals surface area contributed by atoms with Crippen LogP contribution in [0.2, 0.25) is 5.02 Å². The summed E-state index contributed by atoms with van der Waals surface area (Å²) in [6, 6.07) is 3.90. The molecule has 1 aromatic rings. The fraction of sp³-hybridized carbons (Fsp3) is 0.500. The standard InChI is InChI=1S/C14H20ClFN2O/c1-4-9(2)13(17)14(19)18(3)8-10-11(15)6-5-7-12(10)16/h5-7,9,13H,4,8,17H2,1-3H3/t9?,13-/m0/s1. The van der Waals surface area contributed by atoms with E-state index in [0.29, 0.717) is 10.6 Å². The lowest BCUT2D eigenvalue weighted by molar-refractivity contribution is -0.133. The number of hydrogen-bond donors (Lipinski definition) is 1. The zero-order valence-corrected chi connectivity index (χ0v) is 12.2. The Morgan fingerprint density at radius 1 is 1.53 bits per heavy atom. The van der Waals surface area contributed by atoms with Crippen LogP contribution in [0.5, 0.6) is 0 Å². The van der Waals surface area contributed by atoms with E-state index >= 15 is 0 Å². The number of nitrogens with two attached hydrogens (primary N) is 1. The lowest BCUT2D eigenvalue weighted by Gasteiger charge is -2.25. The van der Waals surface area contributed by atoms with Crippen LogP contribution in [0.25, 0.3) is 0 Å². The fourth-order valence-corrected chi connectivity index (χ4v) is 1.97. The van der Waals surface area contributed by atoms with Crippen LogP contribution in [-0.2, 0) is 11.3 Å². The first kappa shape index (κ1) is 15.9. The molecule has 0 spiro atoms. The third-order valence-corrected chi connectivity index (χ3v) is 3.73. The van der Waals surface area contributed by atoms with E-state index in [0.717, 1.165) is 6.42 Å². The molecule has 0 saturated heterocycles. The van der Waals surface area contributed by atoms with Crippen LogP contribution >= 0.6 is 11.6 Å². The maximum Gasteiger partial charge on any atom is 0.239 e. The van der Waals surface area contributed by atoms with E-state index in [1.165, 1.54) is 17.0 Å². The van der Waals surface area contributed by atoms with E-state index in [4.69, 9.17) is 17.3 Å². The van der Waals surface area contributed by atoms with Gasteiger partial charge in [-0.05, 0) is 18.1 Å². The van der Waals surface area contributed by atoms with Crippen LogP contribution in [-0.4, -0.2) is 23.9 Å². The van der Waals surface area contributed by atoms with Gasteiger partial charge in [-0.3, -0.25) is 4.79 Å². The molecule has 5 heteroatoms. The molecular weight excluding hydrogens is 267 g/mol. The Balaban J connectivity index is 2.80. The summed E-state index contributed by atoms with van der Waals surface area (Å²) >= 11 is 5.94. The normalized spacial score (nSPS) is 14.0. The predicted octanol–water partition coefficient (Wildman–Crippen LogP) is 2.81. The summed E-state index contributed by atoms with van der Waals surface area (Å²) in [4.78, 5) is 13.5. The Hall–Kier alpha value is -1.13. The highest BCUT2D eigenvalue weighted by molar-refractivity contribution is 6.31. The lowest BCUT2D eigenvalue weighted by atomic mass is 9.99. The van der Waals surface area contributed by atoms with Crippen LogP contribution in [0.15, 0.2) is 18.2 Å². The fourth-order valence-electron chi connectivity index (χ4n) is 1.75. The molecule has 0 radical (unpaired) electrons. The predicted molar refractivity (Wildman–Crippen MR) is 75.3 cm³/mol. The van der Waals surface area contributed by atoms with Gasteiger partial charge in [0.25, 0.3) is 0 Å². The van der Waals surface area contributed by atoms with Gasteiger partial charge in [-0.1, -0.05) is 37.9 Å². The highest BCUT2D eigenvalue weighted by atomic mass is 35.5. The number of carbonyl (C=O) groups excluding carboxylic acids is 1. The molecule has 0 heterocycles.